The standard InChI is InChI=1S/C26H26N4O2/c1-17-6-10-20(11-7-17)24(31)28-16-18-8-12-21(13-9-18)25-29-30-26(32-25)23-22-5-3-2-4-19(22)14-15-27-23/h2-7,10-11,14-15,18,21H,8-9,12-13,16H2,1H3,(H,28,31). The molecular weight excluding hydrogens is 400 g/mol. The van der Waals surface area contributed by atoms with E-state index in [-0.39, 0.29) is 11.8 Å². The molecule has 1 aliphatic rings. The molecule has 1 amide bonds. The zero-order valence-electron chi connectivity index (χ0n) is 18.1. The Morgan fingerprint density at radius 2 is 1.78 bits per heavy atom. The summed E-state index contributed by atoms with van der Waals surface area (Å²) in [4.78, 5) is 16.8. The molecule has 2 aromatic carbocycles. The molecule has 162 valence electrons. The molecule has 0 atom stereocenters. The van der Waals surface area contributed by atoms with Crippen molar-refractivity contribution in [2.45, 2.75) is 38.5 Å². The second kappa shape index (κ2) is 8.91. The Morgan fingerprint density at radius 3 is 2.59 bits per heavy atom. The quantitative estimate of drug-likeness (QED) is 0.468. The number of hydrogen-bond donors (Lipinski definition) is 1. The van der Waals surface area contributed by atoms with E-state index < -0.39 is 0 Å². The summed E-state index contributed by atoms with van der Waals surface area (Å²) in [7, 11) is 0. The Bertz CT molecular complexity index is 1220. The molecule has 6 nitrogen and oxygen atoms in total. The van der Waals surface area contributed by atoms with Crippen LogP contribution in [-0.4, -0.2) is 27.6 Å². The van der Waals surface area contributed by atoms with Crippen LogP contribution in [0.1, 0.15) is 53.4 Å². The van der Waals surface area contributed by atoms with Crippen LogP contribution in [0, 0.1) is 12.8 Å². The van der Waals surface area contributed by atoms with Gasteiger partial charge >= 0.3 is 0 Å². The summed E-state index contributed by atoms with van der Waals surface area (Å²) in [6, 6.07) is 17.7. The second-order valence-electron chi connectivity index (χ2n) is 8.62. The molecule has 32 heavy (non-hydrogen) atoms. The van der Waals surface area contributed by atoms with Gasteiger partial charge in [0, 0.05) is 29.6 Å². The highest BCUT2D eigenvalue weighted by molar-refractivity contribution is 5.94. The molecule has 6 heteroatoms. The first-order valence-electron chi connectivity index (χ1n) is 11.2. The predicted octanol–water partition coefficient (Wildman–Crippen LogP) is 5.30. The van der Waals surface area contributed by atoms with Gasteiger partial charge in [0.05, 0.1) is 0 Å². The SMILES string of the molecule is Cc1ccc(C(=O)NCC2CCC(c3nnc(-c4nccc5ccccc45)o3)CC2)cc1. The summed E-state index contributed by atoms with van der Waals surface area (Å²) in [6.45, 7) is 2.72. The average Bonchev–Trinajstić information content (AvgIpc) is 3.33. The molecule has 1 N–H and O–H groups in total. The zero-order valence-corrected chi connectivity index (χ0v) is 18.1. The number of amides is 1. The van der Waals surface area contributed by atoms with Gasteiger partial charge in [0.15, 0.2) is 0 Å². The van der Waals surface area contributed by atoms with E-state index in [0.29, 0.717) is 29.8 Å². The normalized spacial score (nSPS) is 18.5. The first-order valence-corrected chi connectivity index (χ1v) is 11.2. The maximum Gasteiger partial charge on any atom is 0.266 e. The third-order valence-electron chi connectivity index (χ3n) is 6.38. The molecule has 1 aliphatic carbocycles. The third-order valence-corrected chi connectivity index (χ3v) is 6.38. The van der Waals surface area contributed by atoms with Crippen LogP contribution < -0.4 is 5.32 Å². The Kier molecular flexibility index (Phi) is 5.67. The maximum absolute atomic E-state index is 12.4. The van der Waals surface area contributed by atoms with E-state index in [1.165, 1.54) is 0 Å². The van der Waals surface area contributed by atoms with Crippen LogP contribution >= 0.6 is 0 Å². The first-order chi connectivity index (χ1) is 15.7. The highest BCUT2D eigenvalue weighted by atomic mass is 16.4. The molecule has 0 aliphatic heterocycles. The van der Waals surface area contributed by atoms with Crippen molar-refractivity contribution < 1.29 is 9.21 Å². The van der Waals surface area contributed by atoms with Crippen LogP contribution in [-0.2, 0) is 0 Å². The lowest BCUT2D eigenvalue weighted by Gasteiger charge is -2.26. The smallest absolute Gasteiger partial charge is 0.266 e. The topological polar surface area (TPSA) is 80.9 Å². The van der Waals surface area contributed by atoms with Crippen LogP contribution in [0.3, 0.4) is 0 Å². The van der Waals surface area contributed by atoms with Crippen molar-refractivity contribution >= 4 is 16.7 Å². The fraction of sp³-hybridized carbons (Fsp3) is 0.308. The van der Waals surface area contributed by atoms with Crippen molar-refractivity contribution in [3.63, 3.8) is 0 Å². The minimum atomic E-state index is -0.00347. The van der Waals surface area contributed by atoms with Gasteiger partial charge in [-0.2, -0.15) is 0 Å². The van der Waals surface area contributed by atoms with Gasteiger partial charge in [0.2, 0.25) is 5.89 Å². The molecule has 2 aromatic heterocycles. The minimum absolute atomic E-state index is 0.00347. The number of carbonyl (C=O) groups is 1. The van der Waals surface area contributed by atoms with Crippen molar-refractivity contribution in [3.05, 3.63) is 77.8 Å². The molecule has 0 radical (unpaired) electrons. The Balaban J connectivity index is 1.19. The molecule has 0 spiro atoms. The molecule has 2 heterocycles. The van der Waals surface area contributed by atoms with Gasteiger partial charge in [0.25, 0.3) is 11.8 Å². The fourth-order valence-electron chi connectivity index (χ4n) is 4.44. The lowest BCUT2D eigenvalue weighted by Crippen LogP contribution is -2.31. The van der Waals surface area contributed by atoms with Crippen LogP contribution in [0.4, 0.5) is 0 Å². The molecule has 0 bridgehead atoms. The molecular formula is C26H26N4O2. The van der Waals surface area contributed by atoms with Crippen LogP contribution in [0.15, 0.2) is 65.2 Å². The highest BCUT2D eigenvalue weighted by Crippen LogP contribution is 2.36. The van der Waals surface area contributed by atoms with Gasteiger partial charge in [-0.1, -0.05) is 42.0 Å². The first kappa shape index (κ1) is 20.4. The molecule has 0 saturated heterocycles. The fourth-order valence-corrected chi connectivity index (χ4v) is 4.44. The second-order valence-corrected chi connectivity index (χ2v) is 8.62. The molecule has 4 aromatic rings. The van der Waals surface area contributed by atoms with Gasteiger partial charge in [-0.3, -0.25) is 9.78 Å². The number of nitrogens with one attached hydrogen (secondary N) is 1. The summed E-state index contributed by atoms with van der Waals surface area (Å²) >= 11 is 0. The number of rotatable bonds is 5. The number of carbonyl (C=O) groups excluding carboxylic acids is 1. The van der Waals surface area contributed by atoms with Gasteiger partial charge in [0.1, 0.15) is 5.69 Å². The van der Waals surface area contributed by atoms with Crippen molar-refractivity contribution in [1.82, 2.24) is 20.5 Å². The summed E-state index contributed by atoms with van der Waals surface area (Å²) in [5.41, 5.74) is 2.60. The predicted molar refractivity (Wildman–Crippen MR) is 123 cm³/mol. The third kappa shape index (κ3) is 4.26. The number of benzene rings is 2. The van der Waals surface area contributed by atoms with E-state index in [2.05, 4.69) is 26.6 Å². The van der Waals surface area contributed by atoms with Crippen LogP contribution in [0.25, 0.3) is 22.4 Å². The van der Waals surface area contributed by atoms with Gasteiger partial charge in [-0.05, 0) is 62.1 Å². The van der Waals surface area contributed by atoms with Gasteiger partial charge in [-0.15, -0.1) is 10.2 Å². The molecule has 5 rings (SSSR count). The summed E-state index contributed by atoms with van der Waals surface area (Å²) < 4.78 is 6.06. The highest BCUT2D eigenvalue weighted by Gasteiger charge is 2.27. The zero-order chi connectivity index (χ0) is 21.9. The number of pyridine rings is 1. The summed E-state index contributed by atoms with van der Waals surface area (Å²) in [5, 5.41) is 13.8. The van der Waals surface area contributed by atoms with Crippen molar-refractivity contribution in [1.29, 1.82) is 0 Å². The van der Waals surface area contributed by atoms with E-state index >= 15 is 0 Å². The Labute approximate surface area is 187 Å². The largest absolute Gasteiger partial charge is 0.419 e. The lowest BCUT2D eigenvalue weighted by molar-refractivity contribution is 0.0942. The maximum atomic E-state index is 12.4. The van der Waals surface area contributed by atoms with Crippen LogP contribution in [0.2, 0.25) is 0 Å². The van der Waals surface area contributed by atoms with E-state index in [0.717, 1.165) is 47.7 Å². The van der Waals surface area contributed by atoms with Gasteiger partial charge in [-0.25, -0.2) is 0 Å². The summed E-state index contributed by atoms with van der Waals surface area (Å²) in [5.74, 6) is 1.90. The van der Waals surface area contributed by atoms with E-state index in [1.807, 2.05) is 55.5 Å². The number of fused-ring (bicyclic) bond motifs is 1. The van der Waals surface area contributed by atoms with Crippen molar-refractivity contribution in [2.24, 2.45) is 5.92 Å². The minimum Gasteiger partial charge on any atom is -0.419 e. The molecule has 1 saturated carbocycles. The molecule has 0 unspecified atom stereocenters. The number of aryl methyl sites for hydroxylation is 1. The summed E-state index contributed by atoms with van der Waals surface area (Å²) in [6.07, 6.45) is 5.80. The monoisotopic (exact) mass is 426 g/mol. The number of hydrogen-bond acceptors (Lipinski definition) is 5. The van der Waals surface area contributed by atoms with Crippen LogP contribution in [0.5, 0.6) is 0 Å². The average molecular weight is 427 g/mol. The van der Waals surface area contributed by atoms with Gasteiger partial charge < -0.3 is 9.73 Å². The van der Waals surface area contributed by atoms with E-state index in [4.69, 9.17) is 4.42 Å². The lowest BCUT2D eigenvalue weighted by atomic mass is 9.82. The van der Waals surface area contributed by atoms with E-state index in [9.17, 15) is 4.79 Å². The van der Waals surface area contributed by atoms with Crippen molar-refractivity contribution in [3.8, 4) is 11.6 Å². The molecule has 1 fully saturated rings. The number of nitrogens with zero attached hydrogens (tertiary/aromatic N) is 3. The van der Waals surface area contributed by atoms with E-state index in [1.54, 1.807) is 6.20 Å². The Morgan fingerprint density at radius 1 is 1.00 bits per heavy atom. The van der Waals surface area contributed by atoms with Crippen molar-refractivity contribution in [2.75, 3.05) is 6.54 Å². The Hall–Kier alpha value is -3.54. The number of aromatic nitrogens is 3.